The van der Waals surface area contributed by atoms with E-state index >= 15 is 0 Å². The van der Waals surface area contributed by atoms with Crippen molar-refractivity contribution < 1.29 is 4.79 Å². The van der Waals surface area contributed by atoms with Crippen LogP contribution in [0, 0.1) is 5.92 Å². The molecule has 2 amide bonds. The number of halogens is 1. The molecule has 0 aliphatic carbocycles. The van der Waals surface area contributed by atoms with E-state index in [0.29, 0.717) is 18.3 Å². The molecule has 2 aromatic rings. The number of carbonyl (C=O) groups is 1. The zero-order chi connectivity index (χ0) is 16.8. The number of benzene rings is 1. The number of aromatic nitrogens is 2. The first-order valence-corrected chi connectivity index (χ1v) is 8.91. The lowest BCUT2D eigenvalue weighted by Crippen LogP contribution is -2.44. The highest BCUT2D eigenvalue weighted by Gasteiger charge is 2.23. The standard InChI is InChI=1S/C18H23ClN4O/c19-10-17-12-20-14-23(17)13-16-6-8-22(9-7-16)18(24)21-11-15-4-2-1-3-5-15/h1-5,12,14,16H,6-11,13H2,(H,21,24). The Hall–Kier alpha value is -2.01. The van der Waals surface area contributed by atoms with E-state index < -0.39 is 0 Å². The summed E-state index contributed by atoms with van der Waals surface area (Å²) in [6, 6.07) is 10.0. The Morgan fingerprint density at radius 2 is 2.00 bits per heavy atom. The molecule has 5 nitrogen and oxygen atoms in total. The van der Waals surface area contributed by atoms with Crippen LogP contribution in [0.25, 0.3) is 0 Å². The average Bonchev–Trinajstić information content (AvgIpc) is 3.08. The Morgan fingerprint density at radius 1 is 1.25 bits per heavy atom. The lowest BCUT2D eigenvalue weighted by Gasteiger charge is -2.32. The van der Waals surface area contributed by atoms with Gasteiger partial charge in [0.25, 0.3) is 0 Å². The van der Waals surface area contributed by atoms with Gasteiger partial charge in [0.05, 0.1) is 17.9 Å². The highest BCUT2D eigenvalue weighted by molar-refractivity contribution is 6.16. The van der Waals surface area contributed by atoms with E-state index in [2.05, 4.69) is 14.9 Å². The summed E-state index contributed by atoms with van der Waals surface area (Å²) in [5, 5.41) is 3.00. The number of nitrogens with zero attached hydrogens (tertiary/aromatic N) is 3. The summed E-state index contributed by atoms with van der Waals surface area (Å²) in [5.74, 6) is 1.06. The fraction of sp³-hybridized carbons (Fsp3) is 0.444. The third-order valence-corrected chi connectivity index (χ3v) is 4.85. The summed E-state index contributed by atoms with van der Waals surface area (Å²) in [5.41, 5.74) is 2.18. The van der Waals surface area contributed by atoms with E-state index in [4.69, 9.17) is 11.6 Å². The van der Waals surface area contributed by atoms with Crippen molar-refractivity contribution in [3.8, 4) is 0 Å². The van der Waals surface area contributed by atoms with Crippen molar-refractivity contribution in [3.63, 3.8) is 0 Å². The summed E-state index contributed by atoms with van der Waals surface area (Å²) in [6.45, 7) is 3.11. The monoisotopic (exact) mass is 346 g/mol. The molecule has 0 bridgehead atoms. The molecule has 0 unspecified atom stereocenters. The van der Waals surface area contributed by atoms with E-state index in [9.17, 15) is 4.79 Å². The molecule has 24 heavy (non-hydrogen) atoms. The van der Waals surface area contributed by atoms with Gasteiger partial charge < -0.3 is 14.8 Å². The highest BCUT2D eigenvalue weighted by Crippen LogP contribution is 2.20. The van der Waals surface area contributed by atoms with E-state index in [0.717, 1.165) is 43.7 Å². The van der Waals surface area contributed by atoms with E-state index in [1.807, 2.05) is 47.8 Å². The molecule has 1 aromatic carbocycles. The summed E-state index contributed by atoms with van der Waals surface area (Å²) < 4.78 is 2.13. The highest BCUT2D eigenvalue weighted by atomic mass is 35.5. The van der Waals surface area contributed by atoms with Crippen LogP contribution in [0.3, 0.4) is 0 Å². The lowest BCUT2D eigenvalue weighted by atomic mass is 9.97. The van der Waals surface area contributed by atoms with Crippen LogP contribution in [-0.2, 0) is 19.0 Å². The van der Waals surface area contributed by atoms with Crippen LogP contribution in [0.1, 0.15) is 24.1 Å². The van der Waals surface area contributed by atoms with Crippen molar-refractivity contribution in [3.05, 3.63) is 54.1 Å². The Balaban J connectivity index is 1.43. The van der Waals surface area contributed by atoms with Crippen LogP contribution in [0.2, 0.25) is 0 Å². The quantitative estimate of drug-likeness (QED) is 0.845. The molecule has 2 heterocycles. The summed E-state index contributed by atoms with van der Waals surface area (Å²) in [6.07, 6.45) is 5.69. The molecule has 3 rings (SSSR count). The number of alkyl halides is 1. The normalized spacial score (nSPS) is 15.5. The van der Waals surface area contributed by atoms with Crippen LogP contribution >= 0.6 is 11.6 Å². The molecule has 1 N–H and O–H groups in total. The number of urea groups is 1. The molecule has 0 spiro atoms. The van der Waals surface area contributed by atoms with E-state index in [-0.39, 0.29) is 6.03 Å². The molecular formula is C18H23ClN4O. The Labute approximate surface area is 147 Å². The molecule has 1 aliphatic rings. The third-order valence-electron chi connectivity index (χ3n) is 4.58. The molecule has 1 aromatic heterocycles. The van der Waals surface area contributed by atoms with Crippen LogP contribution in [0.4, 0.5) is 4.79 Å². The number of carbonyl (C=O) groups excluding carboxylic acids is 1. The molecule has 0 saturated carbocycles. The minimum absolute atomic E-state index is 0.0291. The summed E-state index contributed by atoms with van der Waals surface area (Å²) >= 11 is 5.92. The van der Waals surface area contributed by atoms with Crippen LogP contribution in [-0.4, -0.2) is 33.6 Å². The Bertz CT molecular complexity index is 650. The third kappa shape index (κ3) is 4.29. The molecule has 1 saturated heterocycles. The number of nitrogens with one attached hydrogen (secondary N) is 1. The zero-order valence-corrected chi connectivity index (χ0v) is 14.5. The minimum atomic E-state index is 0.0291. The fourth-order valence-electron chi connectivity index (χ4n) is 3.11. The van der Waals surface area contributed by atoms with E-state index in [1.165, 1.54) is 0 Å². The SMILES string of the molecule is O=C(NCc1ccccc1)N1CCC(Cn2cncc2CCl)CC1. The number of likely N-dealkylation sites (tertiary alicyclic amines) is 1. The van der Waals surface area contributed by atoms with Gasteiger partial charge in [-0.15, -0.1) is 11.6 Å². The van der Waals surface area contributed by atoms with Gasteiger partial charge >= 0.3 is 6.03 Å². The predicted molar refractivity (Wildman–Crippen MR) is 94.8 cm³/mol. The van der Waals surface area contributed by atoms with Gasteiger partial charge in [0.1, 0.15) is 0 Å². The number of amides is 2. The molecule has 1 fully saturated rings. The number of hydrogen-bond acceptors (Lipinski definition) is 2. The number of imidazole rings is 1. The summed E-state index contributed by atoms with van der Waals surface area (Å²) in [4.78, 5) is 18.3. The molecule has 128 valence electrons. The van der Waals surface area contributed by atoms with Crippen LogP contribution in [0.5, 0.6) is 0 Å². The van der Waals surface area contributed by atoms with Crippen molar-refractivity contribution in [2.24, 2.45) is 5.92 Å². The lowest BCUT2D eigenvalue weighted by molar-refractivity contribution is 0.165. The molecule has 0 atom stereocenters. The average molecular weight is 347 g/mol. The second-order valence-corrected chi connectivity index (χ2v) is 6.51. The largest absolute Gasteiger partial charge is 0.334 e. The smallest absolute Gasteiger partial charge is 0.317 e. The van der Waals surface area contributed by atoms with Gasteiger partial charge in [-0.3, -0.25) is 0 Å². The Morgan fingerprint density at radius 3 is 2.71 bits per heavy atom. The predicted octanol–water partition coefficient (Wildman–Crippen LogP) is 3.24. The second kappa shape index (κ2) is 8.20. The molecule has 6 heteroatoms. The Kier molecular flexibility index (Phi) is 5.75. The van der Waals surface area contributed by atoms with Crippen molar-refractivity contribution in [1.82, 2.24) is 19.8 Å². The molecule has 1 aliphatic heterocycles. The zero-order valence-electron chi connectivity index (χ0n) is 13.7. The van der Waals surface area contributed by atoms with Gasteiger partial charge in [-0.2, -0.15) is 0 Å². The topological polar surface area (TPSA) is 50.2 Å². The minimum Gasteiger partial charge on any atom is -0.334 e. The van der Waals surface area contributed by atoms with Crippen molar-refractivity contribution in [2.75, 3.05) is 13.1 Å². The van der Waals surface area contributed by atoms with Crippen molar-refractivity contribution in [1.29, 1.82) is 0 Å². The first-order chi connectivity index (χ1) is 11.8. The van der Waals surface area contributed by atoms with Gasteiger partial charge in [-0.05, 0) is 24.3 Å². The fourth-order valence-corrected chi connectivity index (χ4v) is 3.33. The van der Waals surface area contributed by atoms with Gasteiger partial charge in [-0.25, -0.2) is 9.78 Å². The van der Waals surface area contributed by atoms with Crippen molar-refractivity contribution in [2.45, 2.75) is 31.8 Å². The first kappa shape index (κ1) is 16.8. The van der Waals surface area contributed by atoms with Gasteiger partial charge in [0.15, 0.2) is 0 Å². The molecular weight excluding hydrogens is 324 g/mol. The van der Waals surface area contributed by atoms with Crippen molar-refractivity contribution >= 4 is 17.6 Å². The van der Waals surface area contributed by atoms with Gasteiger partial charge in [-0.1, -0.05) is 30.3 Å². The van der Waals surface area contributed by atoms with E-state index in [1.54, 1.807) is 0 Å². The van der Waals surface area contributed by atoms with Gasteiger partial charge in [0, 0.05) is 32.4 Å². The molecule has 0 radical (unpaired) electrons. The van der Waals surface area contributed by atoms with Crippen LogP contribution in [0.15, 0.2) is 42.9 Å². The number of piperidine rings is 1. The van der Waals surface area contributed by atoms with Crippen LogP contribution < -0.4 is 5.32 Å². The van der Waals surface area contributed by atoms with Gasteiger partial charge in [0.2, 0.25) is 0 Å². The summed E-state index contributed by atoms with van der Waals surface area (Å²) in [7, 11) is 0. The second-order valence-electron chi connectivity index (χ2n) is 6.25. The number of rotatable bonds is 5. The maximum atomic E-state index is 12.3. The number of hydrogen-bond donors (Lipinski definition) is 1. The maximum Gasteiger partial charge on any atom is 0.317 e. The maximum absolute atomic E-state index is 12.3. The first-order valence-electron chi connectivity index (χ1n) is 8.38.